The van der Waals surface area contributed by atoms with Gasteiger partial charge in [-0.15, -0.1) is 0 Å². The topological polar surface area (TPSA) is 63.1 Å². The molecule has 0 fully saturated rings. The molecule has 2 aromatic carbocycles. The Balaban J connectivity index is 1.46. The van der Waals surface area contributed by atoms with Crippen molar-refractivity contribution < 1.29 is 18.4 Å². The molecule has 3 aromatic rings. The molecule has 0 radical (unpaired) electrons. The van der Waals surface area contributed by atoms with Crippen molar-refractivity contribution in [3.05, 3.63) is 65.9 Å². The third kappa shape index (κ3) is 4.54. The van der Waals surface area contributed by atoms with Gasteiger partial charge in [-0.05, 0) is 49.7 Å². The van der Waals surface area contributed by atoms with E-state index in [1.54, 1.807) is 0 Å². The number of rotatable bonds is 7. The maximum absolute atomic E-state index is 13.5. The molecule has 0 saturated carbocycles. The molecule has 28 heavy (non-hydrogen) atoms. The summed E-state index contributed by atoms with van der Waals surface area (Å²) in [5.74, 6) is -2.46. The lowest BCUT2D eigenvalue weighted by Crippen LogP contribution is -2.26. The minimum Gasteiger partial charge on any atom is -0.352 e. The van der Waals surface area contributed by atoms with Gasteiger partial charge in [0.15, 0.2) is 0 Å². The molecule has 146 valence electrons. The Bertz CT molecular complexity index is 1010. The molecule has 1 aromatic heterocycles. The van der Waals surface area contributed by atoms with Gasteiger partial charge in [-0.2, -0.15) is 0 Å². The summed E-state index contributed by atoms with van der Waals surface area (Å²) in [7, 11) is 0. The van der Waals surface area contributed by atoms with Crippen molar-refractivity contribution in [2.24, 2.45) is 0 Å². The number of hydrogen-bond donors (Lipinski definition) is 2. The number of carbonyl (C=O) groups is 2. The van der Waals surface area contributed by atoms with Crippen LogP contribution in [0.15, 0.2) is 48.7 Å². The van der Waals surface area contributed by atoms with Crippen LogP contribution in [0.3, 0.4) is 0 Å². The molecule has 0 aliphatic carbocycles. The molecule has 0 unspecified atom stereocenters. The average Bonchev–Trinajstić information content (AvgIpc) is 3.07. The fourth-order valence-electron chi connectivity index (χ4n) is 3.00. The minimum atomic E-state index is -0.914. The Morgan fingerprint density at radius 2 is 1.89 bits per heavy atom. The number of aryl methyl sites for hydroxylation is 1. The highest BCUT2D eigenvalue weighted by molar-refractivity contribution is 5.95. The van der Waals surface area contributed by atoms with E-state index in [9.17, 15) is 18.4 Å². The summed E-state index contributed by atoms with van der Waals surface area (Å²) in [5.41, 5.74) is 1.60. The third-order valence-corrected chi connectivity index (χ3v) is 4.44. The standard InChI is InChI=1S/C21H21F2N3O2/c1-2-26-11-9-14-12-16(6-8-19(14)26)25-20(27)4-3-10-24-21(28)17-7-5-15(22)13-18(17)23/h5-9,11-13H,2-4,10H2,1H3,(H,24,28)(H,25,27). The molecule has 0 aliphatic heterocycles. The first-order valence-corrected chi connectivity index (χ1v) is 9.10. The number of amides is 2. The summed E-state index contributed by atoms with van der Waals surface area (Å²) in [6.45, 7) is 3.16. The molecule has 3 rings (SSSR count). The number of nitrogens with zero attached hydrogens (tertiary/aromatic N) is 1. The van der Waals surface area contributed by atoms with Gasteiger partial charge >= 0.3 is 0 Å². The molecule has 2 N–H and O–H groups in total. The number of aromatic nitrogens is 1. The van der Waals surface area contributed by atoms with E-state index in [-0.39, 0.29) is 24.4 Å². The molecule has 2 amide bonds. The molecular weight excluding hydrogens is 364 g/mol. The van der Waals surface area contributed by atoms with Crippen LogP contribution in [0.25, 0.3) is 10.9 Å². The largest absolute Gasteiger partial charge is 0.352 e. The van der Waals surface area contributed by atoms with E-state index in [2.05, 4.69) is 22.1 Å². The predicted molar refractivity (Wildman–Crippen MR) is 104 cm³/mol. The van der Waals surface area contributed by atoms with Gasteiger partial charge in [-0.3, -0.25) is 9.59 Å². The quantitative estimate of drug-likeness (QED) is 0.602. The zero-order valence-corrected chi connectivity index (χ0v) is 15.5. The zero-order chi connectivity index (χ0) is 20.1. The van der Waals surface area contributed by atoms with Crippen molar-refractivity contribution in [1.82, 2.24) is 9.88 Å². The maximum Gasteiger partial charge on any atom is 0.254 e. The summed E-state index contributed by atoms with van der Waals surface area (Å²) >= 11 is 0. The van der Waals surface area contributed by atoms with Crippen LogP contribution in [0.5, 0.6) is 0 Å². The number of benzene rings is 2. The summed E-state index contributed by atoms with van der Waals surface area (Å²) in [5, 5.41) is 6.41. The number of carbonyl (C=O) groups excluding carboxylic acids is 2. The van der Waals surface area contributed by atoms with E-state index in [1.807, 2.05) is 30.5 Å². The van der Waals surface area contributed by atoms with Crippen molar-refractivity contribution >= 4 is 28.4 Å². The Kier molecular flexibility index (Phi) is 6.03. The van der Waals surface area contributed by atoms with Crippen LogP contribution in [-0.4, -0.2) is 22.9 Å². The summed E-state index contributed by atoms with van der Waals surface area (Å²) in [6.07, 6.45) is 2.61. The van der Waals surface area contributed by atoms with E-state index in [1.165, 1.54) is 0 Å². The molecule has 1 heterocycles. The lowest BCUT2D eigenvalue weighted by atomic mass is 10.2. The first-order chi connectivity index (χ1) is 13.5. The zero-order valence-electron chi connectivity index (χ0n) is 15.5. The number of hydrogen-bond acceptors (Lipinski definition) is 2. The fourth-order valence-corrected chi connectivity index (χ4v) is 3.00. The fraction of sp³-hybridized carbons (Fsp3) is 0.238. The van der Waals surface area contributed by atoms with Crippen molar-refractivity contribution in [1.29, 1.82) is 0 Å². The molecular formula is C21H21F2N3O2. The molecule has 5 nitrogen and oxygen atoms in total. The number of anilines is 1. The van der Waals surface area contributed by atoms with Crippen LogP contribution in [0, 0.1) is 11.6 Å². The van der Waals surface area contributed by atoms with E-state index in [0.717, 1.165) is 29.6 Å². The smallest absolute Gasteiger partial charge is 0.254 e. The Hall–Kier alpha value is -3.22. The average molecular weight is 385 g/mol. The van der Waals surface area contributed by atoms with Gasteiger partial charge in [0, 0.05) is 48.4 Å². The van der Waals surface area contributed by atoms with Gasteiger partial charge < -0.3 is 15.2 Å². The van der Waals surface area contributed by atoms with Crippen LogP contribution in [0.1, 0.15) is 30.1 Å². The van der Waals surface area contributed by atoms with E-state index in [0.29, 0.717) is 18.2 Å². The number of halogens is 2. The van der Waals surface area contributed by atoms with Gasteiger partial charge in [0.1, 0.15) is 11.6 Å². The Morgan fingerprint density at radius 1 is 1.07 bits per heavy atom. The lowest BCUT2D eigenvalue weighted by Gasteiger charge is -2.08. The highest BCUT2D eigenvalue weighted by atomic mass is 19.1. The third-order valence-electron chi connectivity index (χ3n) is 4.44. The molecule has 0 saturated heterocycles. The van der Waals surface area contributed by atoms with Crippen LogP contribution in [-0.2, 0) is 11.3 Å². The SMILES string of the molecule is CCn1ccc2cc(NC(=O)CCCNC(=O)c3ccc(F)cc3F)ccc21. The van der Waals surface area contributed by atoms with E-state index >= 15 is 0 Å². The van der Waals surface area contributed by atoms with Crippen molar-refractivity contribution in [3.8, 4) is 0 Å². The predicted octanol–water partition coefficient (Wildman–Crippen LogP) is 4.09. The minimum absolute atomic E-state index is 0.170. The molecule has 0 bridgehead atoms. The highest BCUT2D eigenvalue weighted by Gasteiger charge is 2.12. The van der Waals surface area contributed by atoms with Crippen molar-refractivity contribution in [2.75, 3.05) is 11.9 Å². The number of fused-ring (bicyclic) bond motifs is 1. The van der Waals surface area contributed by atoms with Gasteiger partial charge in [-0.1, -0.05) is 0 Å². The lowest BCUT2D eigenvalue weighted by molar-refractivity contribution is -0.116. The Morgan fingerprint density at radius 3 is 2.64 bits per heavy atom. The van der Waals surface area contributed by atoms with E-state index in [4.69, 9.17) is 0 Å². The van der Waals surface area contributed by atoms with Crippen molar-refractivity contribution in [3.63, 3.8) is 0 Å². The van der Waals surface area contributed by atoms with Gasteiger partial charge in [0.2, 0.25) is 5.91 Å². The second-order valence-corrected chi connectivity index (χ2v) is 6.41. The molecule has 0 atom stereocenters. The van der Waals surface area contributed by atoms with Crippen molar-refractivity contribution in [2.45, 2.75) is 26.3 Å². The molecule has 0 spiro atoms. The first kappa shape index (κ1) is 19.5. The maximum atomic E-state index is 13.5. The highest BCUT2D eigenvalue weighted by Crippen LogP contribution is 2.20. The van der Waals surface area contributed by atoms with Crippen LogP contribution in [0.2, 0.25) is 0 Å². The van der Waals surface area contributed by atoms with Gasteiger partial charge in [0.25, 0.3) is 5.91 Å². The van der Waals surface area contributed by atoms with Crippen LogP contribution >= 0.6 is 0 Å². The monoisotopic (exact) mass is 385 g/mol. The summed E-state index contributed by atoms with van der Waals surface area (Å²) in [4.78, 5) is 24.0. The normalized spacial score (nSPS) is 10.8. The van der Waals surface area contributed by atoms with Crippen LogP contribution < -0.4 is 10.6 Å². The number of nitrogens with one attached hydrogen (secondary N) is 2. The second kappa shape index (κ2) is 8.65. The van der Waals surface area contributed by atoms with Crippen LogP contribution in [0.4, 0.5) is 14.5 Å². The van der Waals surface area contributed by atoms with Gasteiger partial charge in [-0.25, -0.2) is 8.78 Å². The Labute approximate surface area is 161 Å². The second-order valence-electron chi connectivity index (χ2n) is 6.41. The van der Waals surface area contributed by atoms with E-state index < -0.39 is 17.5 Å². The molecule has 7 heteroatoms. The van der Waals surface area contributed by atoms with Gasteiger partial charge in [0.05, 0.1) is 5.56 Å². The first-order valence-electron chi connectivity index (χ1n) is 9.10. The summed E-state index contributed by atoms with van der Waals surface area (Å²) < 4.78 is 28.5. The summed E-state index contributed by atoms with van der Waals surface area (Å²) in [6, 6.07) is 10.5. The molecule has 0 aliphatic rings.